The lowest BCUT2D eigenvalue weighted by Crippen LogP contribution is -2.48. The molecule has 32 heavy (non-hydrogen) atoms. The molecule has 4 aromatic rings. The molecular formula is C25H24N4O3. The fourth-order valence-corrected chi connectivity index (χ4v) is 4.14. The van der Waals surface area contributed by atoms with Crippen LogP contribution in [0.3, 0.4) is 0 Å². The molecule has 0 spiro atoms. The Morgan fingerprint density at radius 1 is 0.844 bits per heavy atom. The molecule has 5 rings (SSSR count). The van der Waals surface area contributed by atoms with Crippen LogP contribution in [0.5, 0.6) is 0 Å². The zero-order valence-electron chi connectivity index (χ0n) is 17.7. The molecule has 7 nitrogen and oxygen atoms in total. The third-order valence-electron chi connectivity index (χ3n) is 5.86. The van der Waals surface area contributed by atoms with Gasteiger partial charge in [0, 0.05) is 31.6 Å². The molecule has 1 fully saturated rings. The maximum atomic E-state index is 13.5. The first-order valence-corrected chi connectivity index (χ1v) is 10.8. The van der Waals surface area contributed by atoms with Crippen LogP contribution in [-0.2, 0) is 13.1 Å². The van der Waals surface area contributed by atoms with Crippen LogP contribution in [0.4, 0.5) is 0 Å². The van der Waals surface area contributed by atoms with Gasteiger partial charge in [0.25, 0.3) is 11.5 Å². The van der Waals surface area contributed by atoms with E-state index in [0.29, 0.717) is 36.1 Å². The fraction of sp³-hybridized carbons (Fsp3) is 0.240. The average molecular weight is 428 g/mol. The van der Waals surface area contributed by atoms with Crippen molar-refractivity contribution < 1.29 is 9.21 Å². The summed E-state index contributed by atoms with van der Waals surface area (Å²) in [5.41, 5.74) is 1.10. The number of amides is 1. The Morgan fingerprint density at radius 2 is 1.56 bits per heavy atom. The molecule has 1 amide bonds. The predicted molar refractivity (Wildman–Crippen MR) is 121 cm³/mol. The molecule has 1 aliphatic heterocycles. The van der Waals surface area contributed by atoms with Crippen LogP contribution in [0.1, 0.15) is 21.8 Å². The molecule has 0 atom stereocenters. The fourth-order valence-electron chi connectivity index (χ4n) is 4.14. The van der Waals surface area contributed by atoms with E-state index in [-0.39, 0.29) is 11.5 Å². The summed E-state index contributed by atoms with van der Waals surface area (Å²) in [6, 6.07) is 20.7. The molecule has 0 N–H and O–H groups in total. The van der Waals surface area contributed by atoms with Crippen LogP contribution in [0.25, 0.3) is 10.8 Å². The van der Waals surface area contributed by atoms with Gasteiger partial charge in [0.2, 0.25) is 0 Å². The normalized spacial score (nSPS) is 14.7. The number of benzene rings is 2. The third kappa shape index (κ3) is 4.07. The summed E-state index contributed by atoms with van der Waals surface area (Å²) in [5.74, 6) is 0.783. The number of nitrogens with zero attached hydrogens (tertiary/aromatic N) is 4. The van der Waals surface area contributed by atoms with Gasteiger partial charge in [0.05, 0.1) is 24.7 Å². The van der Waals surface area contributed by atoms with Crippen LogP contribution in [0.15, 0.2) is 82.2 Å². The Morgan fingerprint density at radius 3 is 2.28 bits per heavy atom. The van der Waals surface area contributed by atoms with Crippen molar-refractivity contribution in [3.63, 3.8) is 0 Å². The number of furan rings is 1. The summed E-state index contributed by atoms with van der Waals surface area (Å²) in [4.78, 5) is 30.6. The number of rotatable bonds is 5. The minimum Gasteiger partial charge on any atom is -0.468 e. The van der Waals surface area contributed by atoms with Crippen molar-refractivity contribution in [3.05, 3.63) is 100 Å². The molecule has 162 valence electrons. The predicted octanol–water partition coefficient (Wildman–Crippen LogP) is 3.00. The van der Waals surface area contributed by atoms with Gasteiger partial charge in [0.1, 0.15) is 5.76 Å². The number of carbonyl (C=O) groups excluding carboxylic acids is 1. The third-order valence-corrected chi connectivity index (χ3v) is 5.86. The van der Waals surface area contributed by atoms with Crippen molar-refractivity contribution in [2.75, 3.05) is 26.2 Å². The van der Waals surface area contributed by atoms with E-state index in [0.717, 1.165) is 31.0 Å². The molecule has 0 aliphatic carbocycles. The average Bonchev–Trinajstić information content (AvgIpc) is 3.35. The highest BCUT2D eigenvalue weighted by atomic mass is 16.3. The van der Waals surface area contributed by atoms with E-state index in [2.05, 4.69) is 10.00 Å². The first-order valence-electron chi connectivity index (χ1n) is 10.8. The van der Waals surface area contributed by atoms with Gasteiger partial charge in [-0.05, 0) is 23.8 Å². The summed E-state index contributed by atoms with van der Waals surface area (Å²) >= 11 is 0. The minimum atomic E-state index is -0.190. The van der Waals surface area contributed by atoms with Gasteiger partial charge in [0.15, 0.2) is 5.69 Å². The van der Waals surface area contributed by atoms with E-state index in [9.17, 15) is 9.59 Å². The maximum Gasteiger partial charge on any atom is 0.275 e. The molecule has 0 radical (unpaired) electrons. The summed E-state index contributed by atoms with van der Waals surface area (Å²) in [6.07, 6.45) is 1.68. The number of hydrogen-bond acceptors (Lipinski definition) is 5. The molecule has 2 aromatic carbocycles. The summed E-state index contributed by atoms with van der Waals surface area (Å²) in [7, 11) is 0. The number of carbonyl (C=O) groups is 1. The van der Waals surface area contributed by atoms with E-state index in [4.69, 9.17) is 4.42 Å². The lowest BCUT2D eigenvalue weighted by Gasteiger charge is -2.34. The zero-order valence-corrected chi connectivity index (χ0v) is 17.7. The van der Waals surface area contributed by atoms with Crippen LogP contribution >= 0.6 is 0 Å². The van der Waals surface area contributed by atoms with Crippen molar-refractivity contribution in [1.82, 2.24) is 19.6 Å². The van der Waals surface area contributed by atoms with E-state index in [1.165, 1.54) is 4.68 Å². The zero-order chi connectivity index (χ0) is 21.9. The van der Waals surface area contributed by atoms with Crippen molar-refractivity contribution in [2.24, 2.45) is 0 Å². The summed E-state index contributed by atoms with van der Waals surface area (Å²) in [5, 5.41) is 5.65. The van der Waals surface area contributed by atoms with Gasteiger partial charge in [-0.1, -0.05) is 48.5 Å². The van der Waals surface area contributed by atoms with Gasteiger partial charge >= 0.3 is 0 Å². The van der Waals surface area contributed by atoms with Gasteiger partial charge in [-0.25, -0.2) is 4.68 Å². The van der Waals surface area contributed by atoms with E-state index in [1.54, 1.807) is 18.4 Å². The Balaban J connectivity index is 1.41. The number of fused-ring (bicyclic) bond motifs is 1. The molecule has 7 heteroatoms. The maximum absolute atomic E-state index is 13.5. The lowest BCUT2D eigenvalue weighted by molar-refractivity contribution is 0.0614. The number of piperazine rings is 1. The molecule has 0 bridgehead atoms. The second-order valence-corrected chi connectivity index (χ2v) is 7.99. The van der Waals surface area contributed by atoms with E-state index < -0.39 is 0 Å². The van der Waals surface area contributed by atoms with Crippen LogP contribution in [0, 0.1) is 0 Å². The van der Waals surface area contributed by atoms with Gasteiger partial charge in [-0.2, -0.15) is 5.10 Å². The topological polar surface area (TPSA) is 71.6 Å². The quantitative estimate of drug-likeness (QED) is 0.489. The molecule has 1 aliphatic rings. The highest BCUT2D eigenvalue weighted by molar-refractivity contribution is 6.04. The van der Waals surface area contributed by atoms with E-state index >= 15 is 0 Å². The Bertz CT molecular complexity index is 1270. The van der Waals surface area contributed by atoms with E-state index in [1.807, 2.05) is 59.5 Å². The van der Waals surface area contributed by atoms with Crippen molar-refractivity contribution in [3.8, 4) is 0 Å². The SMILES string of the molecule is O=C(c1nn(Cc2ccccc2)c(=O)c2ccccc12)N1CCN(Cc2ccco2)CC1. The molecular weight excluding hydrogens is 404 g/mol. The highest BCUT2D eigenvalue weighted by Gasteiger charge is 2.26. The molecule has 2 aromatic heterocycles. The standard InChI is InChI=1S/C25H24N4O3/c30-24-22-11-5-4-10-21(22)23(26-29(24)17-19-7-2-1-3-8-19)25(31)28-14-12-27(13-15-28)18-20-9-6-16-32-20/h1-11,16H,12-15,17-18H2. The smallest absolute Gasteiger partial charge is 0.275 e. The first-order chi connectivity index (χ1) is 15.7. The first kappa shape index (κ1) is 20.2. The van der Waals surface area contributed by atoms with Gasteiger partial charge in [-0.15, -0.1) is 0 Å². The lowest BCUT2D eigenvalue weighted by atomic mass is 10.1. The second-order valence-electron chi connectivity index (χ2n) is 7.99. The highest BCUT2D eigenvalue weighted by Crippen LogP contribution is 2.17. The van der Waals surface area contributed by atoms with Crippen molar-refractivity contribution in [1.29, 1.82) is 0 Å². The number of hydrogen-bond donors (Lipinski definition) is 0. The molecule has 0 saturated carbocycles. The molecule has 1 saturated heterocycles. The molecule has 3 heterocycles. The van der Waals surface area contributed by atoms with Crippen molar-refractivity contribution in [2.45, 2.75) is 13.1 Å². The monoisotopic (exact) mass is 428 g/mol. The van der Waals surface area contributed by atoms with Crippen LogP contribution in [-0.4, -0.2) is 51.7 Å². The summed E-state index contributed by atoms with van der Waals surface area (Å²) in [6.45, 7) is 3.78. The van der Waals surface area contributed by atoms with Gasteiger partial charge in [-0.3, -0.25) is 14.5 Å². The number of aromatic nitrogens is 2. The van der Waals surface area contributed by atoms with Crippen LogP contribution in [0.2, 0.25) is 0 Å². The van der Waals surface area contributed by atoms with Crippen molar-refractivity contribution >= 4 is 16.7 Å². The minimum absolute atomic E-state index is 0.138. The Labute approximate surface area is 185 Å². The Kier molecular flexibility index (Phi) is 5.56. The summed E-state index contributed by atoms with van der Waals surface area (Å²) < 4.78 is 6.84. The van der Waals surface area contributed by atoms with Crippen LogP contribution < -0.4 is 5.56 Å². The Hall–Kier alpha value is -3.71. The largest absolute Gasteiger partial charge is 0.468 e. The molecule has 0 unspecified atom stereocenters. The second kappa shape index (κ2) is 8.80. The van der Waals surface area contributed by atoms with Gasteiger partial charge < -0.3 is 9.32 Å².